The molecule has 0 aromatic carbocycles. The molecule has 0 amide bonds. The van der Waals surface area contributed by atoms with Gasteiger partial charge < -0.3 is 0 Å². The van der Waals surface area contributed by atoms with Crippen LogP contribution in [0.25, 0.3) is 0 Å². The number of rotatable bonds is 2. The molecule has 0 nitrogen and oxygen atoms in total. The van der Waals surface area contributed by atoms with E-state index >= 15 is 0 Å². The lowest BCUT2D eigenvalue weighted by Gasteiger charge is -2.17. The summed E-state index contributed by atoms with van der Waals surface area (Å²) in [6, 6.07) is 0. The molecule has 15 heavy (non-hydrogen) atoms. The minimum absolute atomic E-state index is 0.716. The normalized spacial score (nSPS) is 30.0. The fourth-order valence-corrected chi connectivity index (χ4v) is 2.48. The summed E-state index contributed by atoms with van der Waals surface area (Å²) in [6.45, 7) is 2.27. The van der Waals surface area contributed by atoms with E-state index in [2.05, 4.69) is 66.0 Å². The second-order valence-electron chi connectivity index (χ2n) is 4.50. The van der Waals surface area contributed by atoms with Gasteiger partial charge in [0.2, 0.25) is 0 Å². The first-order chi connectivity index (χ1) is 7.24. The lowest BCUT2D eigenvalue weighted by atomic mass is 9.89. The van der Waals surface area contributed by atoms with E-state index in [9.17, 15) is 0 Å². The molecule has 0 fully saturated rings. The van der Waals surface area contributed by atoms with Crippen molar-refractivity contribution in [2.45, 2.75) is 26.2 Å². The van der Waals surface area contributed by atoms with Crippen LogP contribution in [0.3, 0.4) is 0 Å². The average Bonchev–Trinajstić information content (AvgIpc) is 2.25. The minimum atomic E-state index is 0.716. The van der Waals surface area contributed by atoms with Gasteiger partial charge in [-0.25, -0.2) is 0 Å². The van der Waals surface area contributed by atoms with Gasteiger partial charge in [-0.3, -0.25) is 0 Å². The van der Waals surface area contributed by atoms with E-state index in [-0.39, 0.29) is 0 Å². The summed E-state index contributed by atoms with van der Waals surface area (Å²) in [7, 11) is 0. The first kappa shape index (κ1) is 11.2. The lowest BCUT2D eigenvalue weighted by Crippen LogP contribution is -2.02. The van der Waals surface area contributed by atoms with Crippen LogP contribution in [0.5, 0.6) is 0 Å². The van der Waals surface area contributed by atoms with Crippen molar-refractivity contribution in [2.75, 3.05) is 0 Å². The zero-order chi connectivity index (χ0) is 10.7. The highest BCUT2D eigenvalue weighted by Gasteiger charge is 2.11. The minimum Gasteiger partial charge on any atom is -0.0811 e. The van der Waals surface area contributed by atoms with E-state index in [4.69, 9.17) is 0 Å². The van der Waals surface area contributed by atoms with Crippen molar-refractivity contribution in [1.29, 1.82) is 0 Å². The number of hydrogen-bond acceptors (Lipinski definition) is 0. The van der Waals surface area contributed by atoms with Crippen LogP contribution in [0.15, 0.2) is 45.6 Å². The van der Waals surface area contributed by atoms with Crippen molar-refractivity contribution >= 4 is 22.6 Å². The Morgan fingerprint density at radius 1 is 1.20 bits per heavy atom. The number of halogens is 1. The molecule has 2 aliphatic carbocycles. The summed E-state index contributed by atoms with van der Waals surface area (Å²) in [5.41, 5.74) is 1.52. The zero-order valence-electron chi connectivity index (χ0n) is 9.12. The van der Waals surface area contributed by atoms with Gasteiger partial charge in [0.25, 0.3) is 0 Å². The molecule has 0 bridgehead atoms. The molecular formula is C14H17I. The van der Waals surface area contributed by atoms with Crippen LogP contribution in [0, 0.1) is 11.8 Å². The Labute approximate surface area is 106 Å². The maximum atomic E-state index is 2.40. The molecule has 0 aliphatic heterocycles. The smallest absolute Gasteiger partial charge is 0.00871 e. The summed E-state index contributed by atoms with van der Waals surface area (Å²) < 4.78 is 1.38. The Balaban J connectivity index is 1.89. The maximum Gasteiger partial charge on any atom is 0.00871 e. The Kier molecular flexibility index (Phi) is 3.84. The van der Waals surface area contributed by atoms with Crippen LogP contribution in [0.2, 0.25) is 0 Å². The van der Waals surface area contributed by atoms with Crippen LogP contribution in [0.4, 0.5) is 0 Å². The highest BCUT2D eigenvalue weighted by atomic mass is 127. The van der Waals surface area contributed by atoms with Gasteiger partial charge in [-0.05, 0) is 53.7 Å². The molecule has 0 saturated heterocycles. The first-order valence-corrected chi connectivity index (χ1v) is 6.73. The third-order valence-corrected chi connectivity index (χ3v) is 3.83. The van der Waals surface area contributed by atoms with Crippen LogP contribution < -0.4 is 0 Å². The molecule has 2 unspecified atom stereocenters. The van der Waals surface area contributed by atoms with E-state index < -0.39 is 0 Å². The first-order valence-electron chi connectivity index (χ1n) is 5.65. The predicted molar refractivity (Wildman–Crippen MR) is 75.0 cm³/mol. The standard InChI is InChI=1S/C14H17I/c1-11-2-4-12(5-3-11)10-13-6-8-14(15)9-7-13/h2,4-6,8-9,11,13H,3,7,10H2,1H3. The van der Waals surface area contributed by atoms with E-state index in [1.807, 2.05) is 0 Å². The highest BCUT2D eigenvalue weighted by molar-refractivity contribution is 14.1. The molecule has 0 radical (unpaired) electrons. The van der Waals surface area contributed by atoms with Gasteiger partial charge in [0.1, 0.15) is 0 Å². The molecule has 2 aliphatic rings. The fourth-order valence-electron chi connectivity index (χ4n) is 2.02. The molecule has 2 rings (SSSR count). The Morgan fingerprint density at radius 2 is 2.07 bits per heavy atom. The fraction of sp³-hybridized carbons (Fsp3) is 0.429. The van der Waals surface area contributed by atoms with Crippen molar-refractivity contribution in [2.24, 2.45) is 11.8 Å². The van der Waals surface area contributed by atoms with E-state index in [1.165, 1.54) is 28.4 Å². The largest absolute Gasteiger partial charge is 0.0811 e. The van der Waals surface area contributed by atoms with Crippen molar-refractivity contribution in [1.82, 2.24) is 0 Å². The summed E-state index contributed by atoms with van der Waals surface area (Å²) in [6.07, 6.45) is 17.6. The topological polar surface area (TPSA) is 0 Å². The van der Waals surface area contributed by atoms with Gasteiger partial charge in [-0.15, -0.1) is 0 Å². The Bertz CT molecular complexity index is 344. The van der Waals surface area contributed by atoms with Crippen molar-refractivity contribution < 1.29 is 0 Å². The lowest BCUT2D eigenvalue weighted by molar-refractivity contribution is 0.641. The molecular weight excluding hydrogens is 295 g/mol. The zero-order valence-corrected chi connectivity index (χ0v) is 11.3. The molecule has 80 valence electrons. The van der Waals surface area contributed by atoms with Crippen molar-refractivity contribution in [3.8, 4) is 0 Å². The van der Waals surface area contributed by atoms with Gasteiger partial charge in [0.05, 0.1) is 0 Å². The highest BCUT2D eigenvalue weighted by Crippen LogP contribution is 2.28. The molecule has 0 aromatic heterocycles. The summed E-state index contributed by atoms with van der Waals surface area (Å²) in [5.74, 6) is 1.45. The van der Waals surface area contributed by atoms with Gasteiger partial charge >= 0.3 is 0 Å². The SMILES string of the molecule is CC1C=CC(CC2C=CC(I)=CC2)=CC1. The second kappa shape index (κ2) is 5.15. The Hall–Kier alpha value is -0.310. The number of allylic oxidation sites excluding steroid dienone is 8. The molecule has 2 atom stereocenters. The van der Waals surface area contributed by atoms with E-state index in [0.717, 1.165) is 5.92 Å². The maximum absolute atomic E-state index is 2.40. The molecule has 0 N–H and O–H groups in total. The van der Waals surface area contributed by atoms with Crippen molar-refractivity contribution in [3.63, 3.8) is 0 Å². The van der Waals surface area contributed by atoms with Crippen LogP contribution in [0.1, 0.15) is 26.2 Å². The molecule has 0 aromatic rings. The predicted octanol–water partition coefficient (Wildman–Crippen LogP) is 4.79. The van der Waals surface area contributed by atoms with Crippen LogP contribution >= 0.6 is 22.6 Å². The molecule has 0 heterocycles. The van der Waals surface area contributed by atoms with Crippen molar-refractivity contribution in [3.05, 3.63) is 45.6 Å². The number of hydrogen-bond donors (Lipinski definition) is 0. The summed E-state index contributed by atoms with van der Waals surface area (Å²) in [5, 5.41) is 0. The van der Waals surface area contributed by atoms with Crippen LogP contribution in [-0.2, 0) is 0 Å². The quantitative estimate of drug-likeness (QED) is 0.643. The third-order valence-electron chi connectivity index (χ3n) is 3.03. The van der Waals surface area contributed by atoms with Gasteiger partial charge in [0.15, 0.2) is 0 Å². The molecule has 0 saturated carbocycles. The van der Waals surface area contributed by atoms with E-state index in [1.54, 1.807) is 0 Å². The van der Waals surface area contributed by atoms with Gasteiger partial charge in [-0.1, -0.05) is 49.0 Å². The Morgan fingerprint density at radius 3 is 2.67 bits per heavy atom. The monoisotopic (exact) mass is 312 g/mol. The molecule has 0 spiro atoms. The summed E-state index contributed by atoms with van der Waals surface area (Å²) in [4.78, 5) is 0. The summed E-state index contributed by atoms with van der Waals surface area (Å²) >= 11 is 2.39. The second-order valence-corrected chi connectivity index (χ2v) is 5.74. The van der Waals surface area contributed by atoms with Gasteiger partial charge in [0, 0.05) is 3.58 Å². The van der Waals surface area contributed by atoms with E-state index in [0.29, 0.717) is 5.92 Å². The van der Waals surface area contributed by atoms with Crippen LogP contribution in [-0.4, -0.2) is 0 Å². The van der Waals surface area contributed by atoms with Gasteiger partial charge in [-0.2, -0.15) is 0 Å². The molecule has 1 heteroatoms. The third kappa shape index (κ3) is 3.33. The average molecular weight is 312 g/mol.